The van der Waals surface area contributed by atoms with Crippen LogP contribution in [0.4, 0.5) is 4.79 Å². The van der Waals surface area contributed by atoms with Gasteiger partial charge in [0.05, 0.1) is 0 Å². The SMILES string of the molecule is CC(C)(C)OC(=O)N1C2C[C@@H]2C[C@@H]1C(=O)OCc1ccccc1. The third-order valence-electron chi connectivity index (χ3n) is 4.20. The summed E-state index contributed by atoms with van der Waals surface area (Å²) in [5.74, 6) is 0.0729. The van der Waals surface area contributed by atoms with E-state index in [9.17, 15) is 9.59 Å². The topological polar surface area (TPSA) is 55.8 Å². The Morgan fingerprint density at radius 2 is 1.87 bits per heavy atom. The van der Waals surface area contributed by atoms with Crippen LogP contribution in [0.15, 0.2) is 30.3 Å². The van der Waals surface area contributed by atoms with Crippen molar-refractivity contribution in [3.8, 4) is 0 Å². The highest BCUT2D eigenvalue weighted by Gasteiger charge is 2.57. The van der Waals surface area contributed by atoms with E-state index in [1.165, 1.54) is 0 Å². The molecule has 0 aromatic heterocycles. The van der Waals surface area contributed by atoms with Crippen molar-refractivity contribution < 1.29 is 19.1 Å². The number of amides is 1. The molecular weight excluding hydrogens is 294 g/mol. The minimum Gasteiger partial charge on any atom is -0.459 e. The van der Waals surface area contributed by atoms with Crippen LogP contribution in [0.1, 0.15) is 39.2 Å². The molecule has 1 saturated heterocycles. The summed E-state index contributed by atoms with van der Waals surface area (Å²) >= 11 is 0. The number of hydrogen-bond donors (Lipinski definition) is 0. The molecule has 2 fully saturated rings. The Bertz CT molecular complexity index is 593. The van der Waals surface area contributed by atoms with Gasteiger partial charge in [-0.3, -0.25) is 4.90 Å². The predicted molar refractivity (Wildman–Crippen MR) is 84.6 cm³/mol. The van der Waals surface area contributed by atoms with Gasteiger partial charge in [0.2, 0.25) is 0 Å². The van der Waals surface area contributed by atoms with Gasteiger partial charge in [-0.25, -0.2) is 9.59 Å². The summed E-state index contributed by atoms with van der Waals surface area (Å²) in [4.78, 5) is 26.4. The van der Waals surface area contributed by atoms with Gasteiger partial charge < -0.3 is 9.47 Å². The van der Waals surface area contributed by atoms with E-state index in [4.69, 9.17) is 9.47 Å². The summed E-state index contributed by atoms with van der Waals surface area (Å²) in [6.07, 6.45) is 1.23. The highest BCUT2D eigenvalue weighted by Crippen LogP contribution is 2.48. The van der Waals surface area contributed by atoms with Crippen molar-refractivity contribution in [3.05, 3.63) is 35.9 Å². The Kier molecular flexibility index (Phi) is 4.04. The molecule has 5 heteroatoms. The average Bonchev–Trinajstić information content (AvgIpc) is 3.14. The van der Waals surface area contributed by atoms with Crippen LogP contribution in [-0.4, -0.2) is 34.6 Å². The highest BCUT2D eigenvalue weighted by atomic mass is 16.6. The molecule has 124 valence electrons. The standard InChI is InChI=1S/C18H23NO4/c1-18(2,3)23-17(21)19-14-9-13(14)10-15(19)16(20)22-11-12-7-5-4-6-8-12/h4-8,13-15H,9-11H2,1-3H3/t13-,14?,15-/m1/s1. The Balaban J connectivity index is 1.62. The molecule has 2 aliphatic rings. The van der Waals surface area contributed by atoms with Gasteiger partial charge in [-0.1, -0.05) is 30.3 Å². The zero-order valence-corrected chi connectivity index (χ0v) is 13.8. The van der Waals surface area contributed by atoms with Crippen molar-refractivity contribution in [1.29, 1.82) is 0 Å². The maximum atomic E-state index is 12.4. The highest BCUT2D eigenvalue weighted by molar-refractivity contribution is 5.83. The summed E-state index contributed by atoms with van der Waals surface area (Å²) in [6.45, 7) is 5.71. The van der Waals surface area contributed by atoms with E-state index in [0.717, 1.165) is 12.0 Å². The number of carbonyl (C=O) groups is 2. The largest absolute Gasteiger partial charge is 0.459 e. The zero-order valence-electron chi connectivity index (χ0n) is 13.8. The quantitative estimate of drug-likeness (QED) is 0.804. The maximum Gasteiger partial charge on any atom is 0.411 e. The van der Waals surface area contributed by atoms with Gasteiger partial charge in [-0.15, -0.1) is 0 Å². The first-order chi connectivity index (χ1) is 10.8. The third-order valence-corrected chi connectivity index (χ3v) is 4.20. The molecule has 3 rings (SSSR count). The molecule has 1 aliphatic carbocycles. The Morgan fingerprint density at radius 3 is 2.52 bits per heavy atom. The fourth-order valence-corrected chi connectivity index (χ4v) is 3.07. The average molecular weight is 317 g/mol. The normalized spacial score (nSPS) is 25.7. The van der Waals surface area contributed by atoms with Crippen LogP contribution < -0.4 is 0 Å². The van der Waals surface area contributed by atoms with E-state index < -0.39 is 17.7 Å². The van der Waals surface area contributed by atoms with Crippen molar-refractivity contribution in [2.45, 2.75) is 57.9 Å². The lowest BCUT2D eigenvalue weighted by Crippen LogP contribution is -2.46. The minimum absolute atomic E-state index is 0.138. The lowest BCUT2D eigenvalue weighted by Gasteiger charge is -2.29. The van der Waals surface area contributed by atoms with Gasteiger partial charge in [0.25, 0.3) is 0 Å². The maximum absolute atomic E-state index is 12.4. The zero-order chi connectivity index (χ0) is 16.6. The Morgan fingerprint density at radius 1 is 1.17 bits per heavy atom. The number of ether oxygens (including phenoxy) is 2. The van der Waals surface area contributed by atoms with E-state index in [0.29, 0.717) is 12.3 Å². The number of likely N-dealkylation sites (tertiary alicyclic amines) is 1. The fourth-order valence-electron chi connectivity index (χ4n) is 3.07. The molecule has 1 aromatic carbocycles. The van der Waals surface area contributed by atoms with Crippen molar-refractivity contribution in [2.24, 2.45) is 5.92 Å². The van der Waals surface area contributed by atoms with Crippen molar-refractivity contribution in [2.75, 3.05) is 0 Å². The molecule has 23 heavy (non-hydrogen) atoms. The molecule has 0 spiro atoms. The van der Waals surface area contributed by atoms with Crippen LogP contribution >= 0.6 is 0 Å². The molecule has 0 bridgehead atoms. The van der Waals surface area contributed by atoms with E-state index in [2.05, 4.69) is 0 Å². The number of rotatable bonds is 3. The smallest absolute Gasteiger partial charge is 0.411 e. The van der Waals surface area contributed by atoms with Gasteiger partial charge in [0.1, 0.15) is 18.2 Å². The van der Waals surface area contributed by atoms with Crippen LogP contribution in [0, 0.1) is 5.92 Å². The van der Waals surface area contributed by atoms with E-state index in [1.807, 2.05) is 51.1 Å². The van der Waals surface area contributed by atoms with Crippen LogP contribution in [-0.2, 0) is 20.9 Å². The van der Waals surface area contributed by atoms with Gasteiger partial charge in [-0.2, -0.15) is 0 Å². The van der Waals surface area contributed by atoms with E-state index >= 15 is 0 Å². The number of fused-ring (bicyclic) bond motifs is 1. The van der Waals surface area contributed by atoms with Gasteiger partial charge >= 0.3 is 12.1 Å². The van der Waals surface area contributed by atoms with Crippen molar-refractivity contribution in [3.63, 3.8) is 0 Å². The van der Waals surface area contributed by atoms with E-state index in [1.54, 1.807) is 4.90 Å². The Hall–Kier alpha value is -2.04. The summed E-state index contributed by atoms with van der Waals surface area (Å²) in [5.41, 5.74) is 0.371. The second kappa shape index (κ2) is 5.87. The number of esters is 1. The lowest BCUT2D eigenvalue weighted by molar-refractivity contribution is -0.150. The number of nitrogens with zero attached hydrogens (tertiary/aromatic N) is 1. The van der Waals surface area contributed by atoms with Crippen LogP contribution in [0.2, 0.25) is 0 Å². The van der Waals surface area contributed by atoms with Crippen LogP contribution in [0.25, 0.3) is 0 Å². The molecule has 1 aromatic rings. The summed E-state index contributed by atoms with van der Waals surface area (Å²) in [5, 5.41) is 0. The molecule has 1 unspecified atom stereocenters. The first kappa shape index (κ1) is 15.8. The predicted octanol–water partition coefficient (Wildman–Crippen LogP) is 3.13. The second-order valence-electron chi connectivity index (χ2n) is 7.30. The first-order valence-electron chi connectivity index (χ1n) is 8.07. The number of hydrogen-bond acceptors (Lipinski definition) is 4. The summed E-state index contributed by atoms with van der Waals surface area (Å²) in [7, 11) is 0. The van der Waals surface area contributed by atoms with Crippen LogP contribution in [0.3, 0.4) is 0 Å². The van der Waals surface area contributed by atoms with Gasteiger partial charge in [-0.05, 0) is 45.1 Å². The third kappa shape index (κ3) is 3.66. The molecule has 1 amide bonds. The van der Waals surface area contributed by atoms with Crippen LogP contribution in [0.5, 0.6) is 0 Å². The molecular formula is C18H23NO4. The lowest BCUT2D eigenvalue weighted by atomic mass is 10.1. The second-order valence-corrected chi connectivity index (χ2v) is 7.30. The molecule has 1 saturated carbocycles. The van der Waals surface area contributed by atoms with Crippen molar-refractivity contribution in [1.82, 2.24) is 4.90 Å². The monoisotopic (exact) mass is 317 g/mol. The van der Waals surface area contributed by atoms with E-state index in [-0.39, 0.29) is 18.6 Å². The summed E-state index contributed by atoms with van der Waals surface area (Å²) < 4.78 is 10.8. The first-order valence-corrected chi connectivity index (χ1v) is 8.07. The van der Waals surface area contributed by atoms with Crippen molar-refractivity contribution >= 4 is 12.1 Å². The molecule has 5 nitrogen and oxygen atoms in total. The summed E-state index contributed by atoms with van der Waals surface area (Å²) in [6, 6.07) is 9.16. The molecule has 0 radical (unpaired) electrons. The molecule has 1 heterocycles. The van der Waals surface area contributed by atoms with Gasteiger partial charge in [0, 0.05) is 6.04 Å². The minimum atomic E-state index is -0.567. The molecule has 3 atom stereocenters. The molecule has 0 N–H and O–H groups in total. The molecule has 1 aliphatic heterocycles. The Labute approximate surface area is 136 Å². The van der Waals surface area contributed by atoms with Gasteiger partial charge in [0.15, 0.2) is 0 Å². The number of carbonyl (C=O) groups excluding carboxylic acids is 2. The number of benzene rings is 1. The number of piperidine rings is 1. The fraction of sp³-hybridized carbons (Fsp3) is 0.556.